The van der Waals surface area contributed by atoms with Crippen molar-refractivity contribution in [2.45, 2.75) is 0 Å². The molecule has 0 radical (unpaired) electrons. The molecule has 8 nitrogen and oxygen atoms in total. The molecule has 0 amide bonds. The molecule has 0 aliphatic heterocycles. The molecule has 4 rings (SSSR count). The number of hydrogen-bond donors (Lipinski definition) is 4. The summed E-state index contributed by atoms with van der Waals surface area (Å²) in [5.41, 5.74) is 24.5. The third kappa shape index (κ3) is 1.34. The summed E-state index contributed by atoms with van der Waals surface area (Å²) >= 11 is 2.97. The van der Waals surface area contributed by atoms with Crippen LogP contribution in [-0.2, 0) is 0 Å². The first-order chi connectivity index (χ1) is 9.54. The Kier molecular flexibility index (Phi) is 2.02. The molecule has 0 aliphatic rings. The van der Waals surface area contributed by atoms with Crippen LogP contribution in [0.4, 0.5) is 23.5 Å². The third-order valence-corrected chi connectivity index (χ3v) is 5.38. The molecule has 0 aromatic carbocycles. The number of nitrogen functional groups attached to an aromatic ring is 4. The molecule has 0 bridgehead atoms. The van der Waals surface area contributed by atoms with Crippen molar-refractivity contribution in [3.8, 4) is 0 Å². The lowest BCUT2D eigenvalue weighted by Crippen LogP contribution is -2.00. The van der Waals surface area contributed by atoms with Crippen LogP contribution in [-0.4, -0.2) is 19.9 Å². The van der Waals surface area contributed by atoms with Crippen LogP contribution in [0.5, 0.6) is 0 Å². The van der Waals surface area contributed by atoms with Gasteiger partial charge in [-0.1, -0.05) is 0 Å². The van der Waals surface area contributed by atoms with Crippen LogP contribution in [0.3, 0.4) is 0 Å². The summed E-state index contributed by atoms with van der Waals surface area (Å²) in [7, 11) is 0. The van der Waals surface area contributed by atoms with Crippen LogP contribution in [0, 0.1) is 0 Å². The van der Waals surface area contributed by atoms with Gasteiger partial charge in [0, 0.05) is 0 Å². The van der Waals surface area contributed by atoms with Gasteiger partial charge in [0.05, 0.1) is 29.8 Å². The fourth-order valence-corrected chi connectivity index (χ4v) is 4.54. The van der Waals surface area contributed by atoms with E-state index in [0.29, 0.717) is 22.7 Å². The number of hydrogen-bond acceptors (Lipinski definition) is 10. The van der Waals surface area contributed by atoms with E-state index in [1.165, 1.54) is 22.7 Å². The average molecular weight is 304 g/mol. The summed E-state index contributed by atoms with van der Waals surface area (Å²) in [5.74, 6) is 0.987. The average Bonchev–Trinajstić information content (AvgIpc) is 2.87. The van der Waals surface area contributed by atoms with E-state index in [1.807, 2.05) is 0 Å². The molecule has 0 fully saturated rings. The molecule has 4 aromatic heterocycles. The van der Waals surface area contributed by atoms with Gasteiger partial charge in [-0.25, -0.2) is 9.97 Å². The Bertz CT molecular complexity index is 924. The van der Waals surface area contributed by atoms with Gasteiger partial charge in [0.1, 0.15) is 11.6 Å². The van der Waals surface area contributed by atoms with Gasteiger partial charge in [-0.05, 0) is 0 Å². The van der Waals surface area contributed by atoms with Crippen molar-refractivity contribution in [2.24, 2.45) is 0 Å². The van der Waals surface area contributed by atoms with Crippen LogP contribution in [0.25, 0.3) is 29.8 Å². The molecule has 0 aliphatic carbocycles. The number of aromatic nitrogens is 4. The predicted molar refractivity (Wildman–Crippen MR) is 83.5 cm³/mol. The monoisotopic (exact) mass is 304 g/mol. The first-order valence-corrected chi connectivity index (χ1v) is 7.14. The van der Waals surface area contributed by atoms with E-state index in [4.69, 9.17) is 22.9 Å². The van der Waals surface area contributed by atoms with Crippen LogP contribution < -0.4 is 22.9 Å². The van der Waals surface area contributed by atoms with Gasteiger partial charge in [-0.15, -0.1) is 22.7 Å². The van der Waals surface area contributed by atoms with E-state index in [0.717, 1.165) is 18.8 Å². The molecule has 0 saturated heterocycles. The molecular formula is C10H8N8S2. The lowest BCUT2D eigenvalue weighted by molar-refractivity contribution is 1.25. The van der Waals surface area contributed by atoms with Gasteiger partial charge in [0.2, 0.25) is 11.9 Å². The molecule has 0 saturated carbocycles. The second kappa shape index (κ2) is 3.55. The van der Waals surface area contributed by atoms with Crippen molar-refractivity contribution in [3.05, 3.63) is 0 Å². The minimum absolute atomic E-state index is 0.129. The molecule has 4 heterocycles. The van der Waals surface area contributed by atoms with E-state index in [9.17, 15) is 0 Å². The topological polar surface area (TPSA) is 156 Å². The van der Waals surface area contributed by atoms with Gasteiger partial charge in [-0.2, -0.15) is 9.97 Å². The van der Waals surface area contributed by atoms with Crippen LogP contribution in [0.1, 0.15) is 0 Å². The summed E-state index contributed by atoms with van der Waals surface area (Å²) in [6.07, 6.45) is 0. The maximum Gasteiger partial charge on any atom is 0.222 e. The van der Waals surface area contributed by atoms with Crippen molar-refractivity contribution in [1.82, 2.24) is 19.9 Å². The Morgan fingerprint density at radius 1 is 0.650 bits per heavy atom. The molecule has 0 atom stereocenters. The highest BCUT2D eigenvalue weighted by Gasteiger charge is 2.19. The van der Waals surface area contributed by atoms with E-state index >= 15 is 0 Å². The summed E-state index contributed by atoms with van der Waals surface area (Å²) < 4.78 is 2.57. The summed E-state index contributed by atoms with van der Waals surface area (Å²) in [6.45, 7) is 0. The Balaban J connectivity index is 2.31. The molecule has 100 valence electrons. The number of fused-ring (bicyclic) bond motifs is 5. The van der Waals surface area contributed by atoms with E-state index in [1.54, 1.807) is 0 Å². The molecule has 8 N–H and O–H groups in total. The lowest BCUT2D eigenvalue weighted by Gasteiger charge is -1.99. The zero-order valence-electron chi connectivity index (χ0n) is 9.91. The maximum atomic E-state index is 5.89. The number of rotatable bonds is 0. The van der Waals surface area contributed by atoms with Gasteiger partial charge < -0.3 is 22.9 Å². The summed E-state index contributed by atoms with van der Waals surface area (Å²) in [6, 6.07) is 0. The minimum Gasteiger partial charge on any atom is -0.382 e. The zero-order valence-corrected chi connectivity index (χ0v) is 11.5. The number of anilines is 4. The van der Waals surface area contributed by atoms with Crippen molar-refractivity contribution >= 4 is 76.0 Å². The van der Waals surface area contributed by atoms with Crippen molar-refractivity contribution in [3.63, 3.8) is 0 Å². The Morgan fingerprint density at radius 3 is 1.55 bits per heavy atom. The standard InChI is InChI=1S/C10H8N8S2/c11-6-4-2(15-9(13)17-6)1-3-5(20-8(1)19-4)7(12)18-10(14)16-3/h(H4,11,13,15,17)(H4,12,14,16,18). The second-order valence-electron chi connectivity index (χ2n) is 4.16. The Labute approximate surface area is 119 Å². The number of nitrogens with two attached hydrogens (primary N) is 4. The highest BCUT2D eigenvalue weighted by atomic mass is 32.2. The quantitative estimate of drug-likeness (QED) is 0.377. The molecule has 4 aromatic rings. The maximum absolute atomic E-state index is 5.89. The smallest absolute Gasteiger partial charge is 0.222 e. The SMILES string of the molecule is Nc1nc(N)c2sc3sc4c(N)nc(N)nc4c3c2n1. The van der Waals surface area contributed by atoms with Crippen molar-refractivity contribution in [1.29, 1.82) is 0 Å². The second-order valence-corrected chi connectivity index (χ2v) is 6.46. The largest absolute Gasteiger partial charge is 0.382 e. The Morgan fingerprint density at radius 2 is 1.10 bits per heavy atom. The van der Waals surface area contributed by atoms with Crippen LogP contribution in [0.15, 0.2) is 0 Å². The van der Waals surface area contributed by atoms with Crippen molar-refractivity contribution < 1.29 is 0 Å². The van der Waals surface area contributed by atoms with Gasteiger partial charge in [0.25, 0.3) is 0 Å². The lowest BCUT2D eigenvalue weighted by atomic mass is 10.3. The van der Waals surface area contributed by atoms with E-state index in [-0.39, 0.29) is 11.9 Å². The van der Waals surface area contributed by atoms with E-state index < -0.39 is 0 Å². The minimum atomic E-state index is 0.129. The normalized spacial score (nSPS) is 11.8. The summed E-state index contributed by atoms with van der Waals surface area (Å²) in [5, 5.41) is 0.853. The number of thiophene rings is 2. The van der Waals surface area contributed by atoms with Gasteiger partial charge in [0.15, 0.2) is 0 Å². The fourth-order valence-electron chi connectivity index (χ4n) is 2.13. The molecule has 0 spiro atoms. The zero-order chi connectivity index (χ0) is 14.0. The highest BCUT2D eigenvalue weighted by molar-refractivity contribution is 7.44. The van der Waals surface area contributed by atoms with E-state index in [2.05, 4.69) is 19.9 Å². The van der Waals surface area contributed by atoms with Gasteiger partial charge in [-0.3, -0.25) is 0 Å². The van der Waals surface area contributed by atoms with Crippen LogP contribution in [0.2, 0.25) is 0 Å². The molecule has 0 unspecified atom stereocenters. The highest BCUT2D eigenvalue weighted by Crippen LogP contribution is 2.45. The predicted octanol–water partition coefficient (Wildman–Crippen LogP) is 1.18. The molecule has 10 heteroatoms. The van der Waals surface area contributed by atoms with Crippen molar-refractivity contribution in [2.75, 3.05) is 22.9 Å². The molecule has 20 heavy (non-hydrogen) atoms. The first kappa shape index (κ1) is 11.4. The summed E-state index contributed by atoms with van der Waals surface area (Å²) in [4.78, 5) is 16.5. The fraction of sp³-hybridized carbons (Fsp3) is 0. The van der Waals surface area contributed by atoms with Crippen LogP contribution >= 0.6 is 22.7 Å². The Hall–Kier alpha value is -2.46. The third-order valence-electron chi connectivity index (χ3n) is 2.89. The number of nitrogens with zero attached hydrogens (tertiary/aromatic N) is 4. The first-order valence-electron chi connectivity index (χ1n) is 5.51. The van der Waals surface area contributed by atoms with Gasteiger partial charge >= 0.3 is 0 Å². The molecular weight excluding hydrogens is 296 g/mol.